The summed E-state index contributed by atoms with van der Waals surface area (Å²) in [6.45, 7) is 15.8. The third-order valence-electron chi connectivity index (χ3n) is 9.19. The number of terminal acetylenes is 1. The van der Waals surface area contributed by atoms with Crippen LogP contribution >= 0.6 is 0 Å². The van der Waals surface area contributed by atoms with Crippen LogP contribution in [0.3, 0.4) is 0 Å². The minimum Gasteiger partial charge on any atom is -0.361 e. The number of imide groups is 1. The number of urea groups is 1. The first-order chi connectivity index (χ1) is 22.3. The highest BCUT2D eigenvalue weighted by molar-refractivity contribution is 6.76. The third-order valence-corrected chi connectivity index (χ3v) is 12.6. The SMILES string of the molecule is C#Cc1cccc2c1cc(C(=O)N1CCC3(CC1)C(=O)N(c1ccccc1)C(=O)N3COCC[Si](C)(C)C)n2COCC[Si](C)(C)C. The van der Waals surface area contributed by atoms with Crippen LogP contribution in [0.2, 0.25) is 51.4 Å². The van der Waals surface area contributed by atoms with Gasteiger partial charge in [-0.3, -0.25) is 14.5 Å². The van der Waals surface area contributed by atoms with E-state index in [0.717, 1.165) is 28.6 Å². The molecule has 250 valence electrons. The number of carbonyl (C=O) groups is 3. The number of hydrogen-bond acceptors (Lipinski definition) is 5. The predicted octanol–water partition coefficient (Wildman–Crippen LogP) is 6.69. The van der Waals surface area contributed by atoms with Gasteiger partial charge in [0.2, 0.25) is 0 Å². The van der Waals surface area contributed by atoms with E-state index >= 15 is 0 Å². The van der Waals surface area contributed by atoms with E-state index in [4.69, 9.17) is 15.9 Å². The monoisotopic (exact) mass is 672 g/mol. The minimum absolute atomic E-state index is 0.0319. The van der Waals surface area contributed by atoms with Crippen LogP contribution in [0, 0.1) is 12.3 Å². The maximum absolute atomic E-state index is 14.2. The van der Waals surface area contributed by atoms with Crippen molar-refractivity contribution in [3.63, 3.8) is 0 Å². The molecule has 1 aromatic heterocycles. The van der Waals surface area contributed by atoms with Crippen LogP contribution in [0.25, 0.3) is 10.9 Å². The van der Waals surface area contributed by atoms with Crippen molar-refractivity contribution in [3.8, 4) is 12.3 Å². The lowest BCUT2D eigenvalue weighted by Gasteiger charge is -2.42. The molecular weight excluding hydrogens is 625 g/mol. The molecule has 0 saturated carbocycles. The lowest BCUT2D eigenvalue weighted by molar-refractivity contribution is -0.129. The molecule has 47 heavy (non-hydrogen) atoms. The second kappa shape index (κ2) is 13.8. The van der Waals surface area contributed by atoms with Gasteiger partial charge < -0.3 is 18.9 Å². The zero-order valence-corrected chi connectivity index (χ0v) is 30.7. The molecule has 4 amide bonds. The summed E-state index contributed by atoms with van der Waals surface area (Å²) in [6, 6.07) is 18.2. The number of amides is 4. The molecule has 0 bridgehead atoms. The highest BCUT2D eigenvalue weighted by Gasteiger charge is 2.59. The molecule has 2 saturated heterocycles. The van der Waals surface area contributed by atoms with Crippen LogP contribution in [0.4, 0.5) is 10.5 Å². The fraction of sp³-hybridized carbons (Fsp3) is 0.472. The lowest BCUT2D eigenvalue weighted by atomic mass is 9.86. The summed E-state index contributed by atoms with van der Waals surface area (Å²) < 4.78 is 14.1. The first kappa shape index (κ1) is 34.6. The number of aromatic nitrogens is 1. The first-order valence-corrected chi connectivity index (χ1v) is 23.9. The average Bonchev–Trinajstić information content (AvgIpc) is 3.49. The highest BCUT2D eigenvalue weighted by Crippen LogP contribution is 2.40. The van der Waals surface area contributed by atoms with Gasteiger partial charge in [0.25, 0.3) is 11.8 Å². The molecule has 0 unspecified atom stereocenters. The van der Waals surface area contributed by atoms with Gasteiger partial charge in [-0.2, -0.15) is 0 Å². The molecule has 9 nitrogen and oxygen atoms in total. The number of ether oxygens (including phenoxy) is 2. The Morgan fingerprint density at radius 1 is 0.872 bits per heavy atom. The molecule has 2 fully saturated rings. The van der Waals surface area contributed by atoms with Crippen molar-refractivity contribution in [1.82, 2.24) is 14.4 Å². The summed E-state index contributed by atoms with van der Waals surface area (Å²) in [5, 5.41) is 0.831. The molecule has 0 N–H and O–H groups in total. The number of para-hydroxylation sites is 1. The smallest absolute Gasteiger partial charge is 0.334 e. The molecule has 0 radical (unpaired) electrons. The van der Waals surface area contributed by atoms with Gasteiger partial charge >= 0.3 is 6.03 Å². The summed E-state index contributed by atoms with van der Waals surface area (Å²) in [6.07, 6.45) is 6.45. The fourth-order valence-electron chi connectivity index (χ4n) is 6.22. The quantitative estimate of drug-likeness (QED) is 0.0927. The molecule has 3 aromatic rings. The zero-order chi connectivity index (χ0) is 34.0. The third kappa shape index (κ3) is 7.41. The summed E-state index contributed by atoms with van der Waals surface area (Å²) >= 11 is 0. The molecule has 3 heterocycles. The van der Waals surface area contributed by atoms with E-state index in [9.17, 15) is 14.4 Å². The van der Waals surface area contributed by atoms with Gasteiger partial charge in [0, 0.05) is 53.4 Å². The largest absolute Gasteiger partial charge is 0.361 e. The van der Waals surface area contributed by atoms with Crippen molar-refractivity contribution < 1.29 is 23.9 Å². The van der Waals surface area contributed by atoms with E-state index in [1.54, 1.807) is 21.9 Å². The van der Waals surface area contributed by atoms with Crippen molar-refractivity contribution in [2.24, 2.45) is 0 Å². The van der Waals surface area contributed by atoms with Gasteiger partial charge in [-0.15, -0.1) is 6.42 Å². The van der Waals surface area contributed by atoms with E-state index < -0.39 is 21.7 Å². The Morgan fingerprint density at radius 3 is 2.09 bits per heavy atom. The van der Waals surface area contributed by atoms with E-state index in [1.165, 1.54) is 4.90 Å². The van der Waals surface area contributed by atoms with Crippen LogP contribution in [0.5, 0.6) is 0 Å². The molecule has 2 aliphatic heterocycles. The Labute approximate surface area is 280 Å². The number of likely N-dealkylation sites (tertiary alicyclic amines) is 1. The number of fused-ring (bicyclic) bond motifs is 1. The van der Waals surface area contributed by atoms with Gasteiger partial charge in [0.15, 0.2) is 0 Å². The van der Waals surface area contributed by atoms with E-state index in [1.807, 2.05) is 47.0 Å². The number of carbonyl (C=O) groups excluding carboxylic acids is 3. The van der Waals surface area contributed by atoms with Gasteiger partial charge in [-0.05, 0) is 55.3 Å². The van der Waals surface area contributed by atoms with Crippen molar-refractivity contribution in [2.45, 2.75) is 76.5 Å². The van der Waals surface area contributed by atoms with Crippen molar-refractivity contribution >= 4 is 50.6 Å². The molecule has 2 aliphatic rings. The maximum Gasteiger partial charge on any atom is 0.334 e. The Bertz CT molecular complexity index is 1660. The van der Waals surface area contributed by atoms with E-state index in [0.29, 0.717) is 50.5 Å². The normalized spacial score (nSPS) is 16.8. The molecule has 11 heteroatoms. The predicted molar refractivity (Wildman–Crippen MR) is 192 cm³/mol. The van der Waals surface area contributed by atoms with Gasteiger partial charge in [-0.1, -0.05) is 69.5 Å². The van der Waals surface area contributed by atoms with Gasteiger partial charge in [0.1, 0.15) is 24.7 Å². The van der Waals surface area contributed by atoms with Crippen LogP contribution in [-0.4, -0.2) is 86.9 Å². The number of nitrogens with zero attached hydrogens (tertiary/aromatic N) is 4. The van der Waals surface area contributed by atoms with Gasteiger partial charge in [0.05, 0.1) is 11.2 Å². The molecule has 0 atom stereocenters. The van der Waals surface area contributed by atoms with E-state index in [-0.39, 0.29) is 31.3 Å². The van der Waals surface area contributed by atoms with E-state index in [2.05, 4.69) is 45.2 Å². The Kier molecular flexibility index (Phi) is 10.2. The van der Waals surface area contributed by atoms with Crippen LogP contribution < -0.4 is 4.90 Å². The molecule has 5 rings (SSSR count). The molecule has 2 aromatic carbocycles. The summed E-state index contributed by atoms with van der Waals surface area (Å²) in [7, 11) is -2.64. The number of hydrogen-bond donors (Lipinski definition) is 0. The van der Waals surface area contributed by atoms with Crippen LogP contribution in [-0.2, 0) is 21.0 Å². The Balaban J connectivity index is 1.38. The lowest BCUT2D eigenvalue weighted by Crippen LogP contribution is -2.58. The molecular formula is C36H48N4O5Si2. The Morgan fingerprint density at radius 2 is 1.49 bits per heavy atom. The fourth-order valence-corrected chi connectivity index (χ4v) is 7.73. The minimum atomic E-state index is -1.35. The molecule has 0 aliphatic carbocycles. The van der Waals surface area contributed by atoms with Crippen LogP contribution in [0.15, 0.2) is 54.6 Å². The second-order valence-corrected chi connectivity index (χ2v) is 26.3. The zero-order valence-electron chi connectivity index (χ0n) is 28.7. The Hall–Kier alpha value is -3.70. The number of benzene rings is 2. The highest BCUT2D eigenvalue weighted by atomic mass is 28.3. The maximum atomic E-state index is 14.2. The average molecular weight is 673 g/mol. The topological polar surface area (TPSA) is 84.3 Å². The summed E-state index contributed by atoms with van der Waals surface area (Å²) in [5.41, 5.74) is 1.51. The van der Waals surface area contributed by atoms with Crippen molar-refractivity contribution in [2.75, 3.05) is 37.9 Å². The van der Waals surface area contributed by atoms with Crippen molar-refractivity contribution in [1.29, 1.82) is 0 Å². The first-order valence-electron chi connectivity index (χ1n) is 16.5. The summed E-state index contributed by atoms with van der Waals surface area (Å²) in [4.78, 5) is 46.9. The number of anilines is 1. The van der Waals surface area contributed by atoms with Crippen molar-refractivity contribution in [3.05, 3.63) is 65.9 Å². The number of rotatable bonds is 12. The van der Waals surface area contributed by atoms with Crippen LogP contribution in [0.1, 0.15) is 28.9 Å². The summed E-state index contributed by atoms with van der Waals surface area (Å²) in [5.74, 6) is 2.33. The van der Waals surface area contributed by atoms with Gasteiger partial charge in [-0.25, -0.2) is 9.69 Å². The standard InChI is InChI=1S/C36H48N4O5Si2/c1-8-28-13-12-16-31-30(28)25-32(38(31)26-44-21-23-46(2,3)4)33(41)37-19-17-36(18-20-37)34(42)40(29-14-10-9-11-15-29)35(43)39(36)27-45-22-24-47(5,6)7/h1,9-16,25H,17-24,26-27H2,2-7H3. The molecule has 1 spiro atoms. The second-order valence-electron chi connectivity index (χ2n) is 15.0. The number of piperidine rings is 1.